The van der Waals surface area contributed by atoms with Crippen LogP contribution in [-0.4, -0.2) is 11.6 Å². The summed E-state index contributed by atoms with van der Waals surface area (Å²) < 4.78 is 0. The maximum absolute atomic E-state index is 12.7. The summed E-state index contributed by atoms with van der Waals surface area (Å²) in [5.41, 5.74) is 0.538. The molecule has 1 aromatic carbocycles. The molecule has 0 amide bonds. The van der Waals surface area contributed by atoms with Crippen molar-refractivity contribution >= 4 is 11.6 Å². The van der Waals surface area contributed by atoms with Crippen molar-refractivity contribution in [3.8, 4) is 0 Å². The molecule has 0 saturated heterocycles. The van der Waals surface area contributed by atoms with Crippen molar-refractivity contribution in [2.45, 2.75) is 40.0 Å². The summed E-state index contributed by atoms with van der Waals surface area (Å²) in [6.45, 7) is 6.51. The van der Waals surface area contributed by atoms with E-state index >= 15 is 0 Å². The molecule has 0 aromatic heterocycles. The van der Waals surface area contributed by atoms with Gasteiger partial charge in [-0.25, -0.2) is 0 Å². The Morgan fingerprint density at radius 2 is 1.85 bits per heavy atom. The first-order valence-corrected chi connectivity index (χ1v) is 7.50. The monoisotopic (exact) mass is 270 g/mol. The van der Waals surface area contributed by atoms with Crippen molar-refractivity contribution in [3.63, 3.8) is 0 Å². The first-order chi connectivity index (χ1) is 9.38. The highest BCUT2D eigenvalue weighted by Gasteiger charge is 2.65. The predicted molar refractivity (Wildman–Crippen MR) is 78.5 cm³/mol. The van der Waals surface area contributed by atoms with Gasteiger partial charge in [0.2, 0.25) is 0 Å². The minimum absolute atomic E-state index is 0.0335. The molecule has 2 bridgehead atoms. The molecule has 0 heterocycles. The van der Waals surface area contributed by atoms with Gasteiger partial charge in [-0.15, -0.1) is 0 Å². The number of hydrogen-bond donors (Lipinski definition) is 0. The molecule has 106 valence electrons. The lowest BCUT2D eigenvalue weighted by atomic mass is 9.70. The fraction of sp³-hybridized carbons (Fsp3) is 0.556. The second-order valence-corrected chi connectivity index (χ2v) is 7.16. The number of ketones is 2. The zero-order valence-electron chi connectivity index (χ0n) is 12.5. The molecular weight excluding hydrogens is 248 g/mol. The van der Waals surface area contributed by atoms with E-state index in [0.717, 1.165) is 18.4 Å². The molecule has 0 radical (unpaired) electrons. The molecule has 0 unspecified atom stereocenters. The van der Waals surface area contributed by atoms with Crippen molar-refractivity contribution in [1.82, 2.24) is 0 Å². The van der Waals surface area contributed by atoms with Gasteiger partial charge < -0.3 is 0 Å². The molecule has 20 heavy (non-hydrogen) atoms. The first-order valence-electron chi connectivity index (χ1n) is 7.50. The van der Waals surface area contributed by atoms with E-state index in [-0.39, 0.29) is 22.5 Å². The van der Waals surface area contributed by atoms with Crippen LogP contribution in [0.3, 0.4) is 0 Å². The van der Waals surface area contributed by atoms with Gasteiger partial charge in [0.1, 0.15) is 5.78 Å². The Kier molecular flexibility index (Phi) is 2.89. The van der Waals surface area contributed by atoms with Gasteiger partial charge >= 0.3 is 0 Å². The lowest BCUT2D eigenvalue weighted by Crippen LogP contribution is -2.33. The second kappa shape index (κ2) is 4.28. The van der Waals surface area contributed by atoms with Gasteiger partial charge in [-0.1, -0.05) is 51.1 Å². The molecule has 2 aliphatic carbocycles. The standard InChI is InChI=1S/C18H22O2/c1-17(2)14-9-10-18(17,3)16(20)13(14)11-15(19)12-7-5-4-6-8-12/h4-8,13-14H,9-11H2,1-3H3/t13-,14+,18-/m0/s1. The molecule has 3 rings (SSSR count). The summed E-state index contributed by atoms with van der Waals surface area (Å²) in [6.07, 6.45) is 2.45. The summed E-state index contributed by atoms with van der Waals surface area (Å²) in [4.78, 5) is 25.1. The van der Waals surface area contributed by atoms with E-state index in [9.17, 15) is 9.59 Å². The molecule has 0 N–H and O–H groups in total. The van der Waals surface area contributed by atoms with Crippen LogP contribution in [-0.2, 0) is 4.79 Å². The van der Waals surface area contributed by atoms with Crippen LogP contribution >= 0.6 is 0 Å². The largest absolute Gasteiger partial charge is 0.299 e. The average molecular weight is 270 g/mol. The van der Waals surface area contributed by atoms with Gasteiger partial charge in [0.25, 0.3) is 0 Å². The third-order valence-electron chi connectivity index (χ3n) is 6.17. The molecule has 1 aromatic rings. The minimum atomic E-state index is -0.223. The van der Waals surface area contributed by atoms with Crippen LogP contribution in [0.5, 0.6) is 0 Å². The van der Waals surface area contributed by atoms with Crippen LogP contribution in [0, 0.1) is 22.7 Å². The molecule has 2 saturated carbocycles. The normalized spacial score (nSPS) is 34.5. The van der Waals surface area contributed by atoms with Crippen molar-refractivity contribution in [2.75, 3.05) is 0 Å². The number of rotatable bonds is 3. The Labute approximate surface area is 120 Å². The highest BCUT2D eigenvalue weighted by molar-refractivity contribution is 6.01. The Bertz CT molecular complexity index is 558. The fourth-order valence-electron chi connectivity index (χ4n) is 4.45. The summed E-state index contributed by atoms with van der Waals surface area (Å²) in [6, 6.07) is 9.34. The number of hydrogen-bond acceptors (Lipinski definition) is 2. The number of fused-ring (bicyclic) bond motifs is 2. The average Bonchev–Trinajstić information content (AvgIpc) is 2.74. The summed E-state index contributed by atoms with van der Waals surface area (Å²) in [5, 5.41) is 0. The van der Waals surface area contributed by atoms with E-state index in [4.69, 9.17) is 0 Å². The molecule has 0 spiro atoms. The van der Waals surface area contributed by atoms with Gasteiger partial charge in [-0.3, -0.25) is 9.59 Å². The van der Waals surface area contributed by atoms with E-state index in [1.807, 2.05) is 30.3 Å². The number of benzene rings is 1. The topological polar surface area (TPSA) is 34.1 Å². The van der Waals surface area contributed by atoms with Crippen LogP contribution in [0.15, 0.2) is 30.3 Å². The Morgan fingerprint density at radius 1 is 1.20 bits per heavy atom. The summed E-state index contributed by atoms with van der Waals surface area (Å²) >= 11 is 0. The summed E-state index contributed by atoms with van der Waals surface area (Å²) in [5.74, 6) is 0.725. The molecule has 3 atom stereocenters. The Hall–Kier alpha value is -1.44. The van der Waals surface area contributed by atoms with Gasteiger partial charge in [0.05, 0.1) is 0 Å². The predicted octanol–water partition coefficient (Wildman–Crippen LogP) is 3.90. The summed E-state index contributed by atoms with van der Waals surface area (Å²) in [7, 11) is 0. The van der Waals surface area contributed by atoms with Crippen molar-refractivity contribution < 1.29 is 9.59 Å². The molecule has 2 fully saturated rings. The van der Waals surface area contributed by atoms with E-state index < -0.39 is 0 Å². The number of carbonyl (C=O) groups excluding carboxylic acids is 2. The highest BCUT2D eigenvalue weighted by Crippen LogP contribution is 2.66. The van der Waals surface area contributed by atoms with Crippen molar-refractivity contribution in [1.29, 1.82) is 0 Å². The van der Waals surface area contributed by atoms with E-state index in [1.54, 1.807) is 0 Å². The third-order valence-corrected chi connectivity index (χ3v) is 6.17. The van der Waals surface area contributed by atoms with Crippen molar-refractivity contribution in [2.24, 2.45) is 22.7 Å². The van der Waals surface area contributed by atoms with Gasteiger partial charge in [0, 0.05) is 23.3 Å². The van der Waals surface area contributed by atoms with E-state index in [1.165, 1.54) is 0 Å². The Balaban J connectivity index is 1.84. The third kappa shape index (κ3) is 1.63. The molecule has 2 aliphatic rings. The molecule has 0 aliphatic heterocycles. The van der Waals surface area contributed by atoms with Crippen LogP contribution in [0.1, 0.15) is 50.4 Å². The molecule has 2 nitrogen and oxygen atoms in total. The quantitative estimate of drug-likeness (QED) is 0.781. The lowest BCUT2D eigenvalue weighted by Gasteiger charge is -2.32. The van der Waals surface area contributed by atoms with Gasteiger partial charge in [-0.2, -0.15) is 0 Å². The van der Waals surface area contributed by atoms with E-state index in [2.05, 4.69) is 20.8 Å². The fourth-order valence-corrected chi connectivity index (χ4v) is 4.45. The zero-order valence-corrected chi connectivity index (χ0v) is 12.5. The SMILES string of the molecule is CC1(C)[C@@H]2CC[C@@]1(C)C(=O)[C@H]2CC(=O)c1ccccc1. The Morgan fingerprint density at radius 3 is 2.40 bits per heavy atom. The van der Waals surface area contributed by atoms with Crippen LogP contribution < -0.4 is 0 Å². The molecular formula is C18H22O2. The van der Waals surface area contributed by atoms with Crippen LogP contribution in [0.4, 0.5) is 0 Å². The van der Waals surface area contributed by atoms with Crippen molar-refractivity contribution in [3.05, 3.63) is 35.9 Å². The maximum Gasteiger partial charge on any atom is 0.163 e. The second-order valence-electron chi connectivity index (χ2n) is 7.16. The van der Waals surface area contributed by atoms with Crippen LogP contribution in [0.2, 0.25) is 0 Å². The number of carbonyl (C=O) groups is 2. The van der Waals surface area contributed by atoms with E-state index in [0.29, 0.717) is 18.1 Å². The zero-order chi connectivity index (χ0) is 14.5. The smallest absolute Gasteiger partial charge is 0.163 e. The molecule has 2 heteroatoms. The highest BCUT2D eigenvalue weighted by atomic mass is 16.1. The maximum atomic E-state index is 12.7. The lowest BCUT2D eigenvalue weighted by molar-refractivity contribution is -0.131. The van der Waals surface area contributed by atoms with Gasteiger partial charge in [-0.05, 0) is 24.2 Å². The minimum Gasteiger partial charge on any atom is -0.299 e. The number of Topliss-reactive ketones (excluding diaryl/α,β-unsaturated/α-hetero) is 2. The first kappa shape index (κ1) is 13.5. The van der Waals surface area contributed by atoms with Crippen LogP contribution in [0.25, 0.3) is 0 Å². The van der Waals surface area contributed by atoms with Gasteiger partial charge in [0.15, 0.2) is 5.78 Å².